The Morgan fingerprint density at radius 2 is 1.76 bits per heavy atom. The van der Waals surface area contributed by atoms with Crippen LogP contribution in [0.2, 0.25) is 0 Å². The Bertz CT molecular complexity index is 300. The van der Waals surface area contributed by atoms with Crippen molar-refractivity contribution in [3.8, 4) is 0 Å². The molecule has 1 aromatic carbocycles. The minimum atomic E-state index is -0.518. The van der Waals surface area contributed by atoms with Crippen LogP contribution in [0.5, 0.6) is 0 Å². The van der Waals surface area contributed by atoms with Crippen LogP contribution < -0.4 is 0 Å². The van der Waals surface area contributed by atoms with Crippen molar-refractivity contribution in [2.75, 3.05) is 13.2 Å². The summed E-state index contributed by atoms with van der Waals surface area (Å²) < 4.78 is 5.56. The first-order valence-corrected chi connectivity index (χ1v) is 6.05. The summed E-state index contributed by atoms with van der Waals surface area (Å²) in [7, 11) is 0. The Kier molecular flexibility index (Phi) is 6.19. The van der Waals surface area contributed by atoms with Gasteiger partial charge in [-0.25, -0.2) is 0 Å². The fourth-order valence-electron chi connectivity index (χ4n) is 1.70. The van der Waals surface area contributed by atoms with E-state index in [1.807, 2.05) is 44.2 Å². The molecule has 0 bridgehead atoms. The highest BCUT2D eigenvalue weighted by Crippen LogP contribution is 2.13. The summed E-state index contributed by atoms with van der Waals surface area (Å²) in [6, 6.07) is 9.95. The first-order chi connectivity index (χ1) is 8.15. The van der Waals surface area contributed by atoms with Crippen LogP contribution in [0.3, 0.4) is 0 Å². The van der Waals surface area contributed by atoms with E-state index in [1.165, 1.54) is 0 Å². The zero-order valence-electron chi connectivity index (χ0n) is 10.5. The third-order valence-electron chi connectivity index (χ3n) is 2.95. The predicted molar refractivity (Wildman–Crippen MR) is 67.5 cm³/mol. The van der Waals surface area contributed by atoms with Crippen molar-refractivity contribution < 1.29 is 14.9 Å². The number of aliphatic hydroxyl groups is 2. The molecule has 3 heteroatoms. The molecular weight excluding hydrogens is 216 g/mol. The zero-order valence-corrected chi connectivity index (χ0v) is 10.5. The Balaban J connectivity index is 2.27. The molecule has 0 amide bonds. The van der Waals surface area contributed by atoms with E-state index in [-0.39, 0.29) is 18.4 Å². The summed E-state index contributed by atoms with van der Waals surface area (Å²) >= 11 is 0. The van der Waals surface area contributed by atoms with Gasteiger partial charge in [-0.05, 0) is 5.56 Å². The average Bonchev–Trinajstić information content (AvgIpc) is 2.38. The molecule has 0 aromatic heterocycles. The van der Waals surface area contributed by atoms with Gasteiger partial charge in [-0.1, -0.05) is 44.2 Å². The molecule has 0 saturated heterocycles. The van der Waals surface area contributed by atoms with Gasteiger partial charge in [-0.3, -0.25) is 0 Å². The molecular formula is C14H22O3. The van der Waals surface area contributed by atoms with Crippen LogP contribution in [0.1, 0.15) is 19.4 Å². The predicted octanol–water partition coefficient (Wildman–Crippen LogP) is 1.83. The SMILES string of the molecule is C[C@H](CO)[C@@H](O)[C@@H](C)COCc1ccccc1. The molecule has 0 fully saturated rings. The zero-order chi connectivity index (χ0) is 12.7. The lowest BCUT2D eigenvalue weighted by Crippen LogP contribution is -2.30. The van der Waals surface area contributed by atoms with Crippen LogP contribution in [0, 0.1) is 11.8 Å². The van der Waals surface area contributed by atoms with Gasteiger partial charge in [-0.15, -0.1) is 0 Å². The Morgan fingerprint density at radius 3 is 2.35 bits per heavy atom. The maximum atomic E-state index is 9.84. The van der Waals surface area contributed by atoms with E-state index in [2.05, 4.69) is 0 Å². The van der Waals surface area contributed by atoms with Crippen molar-refractivity contribution >= 4 is 0 Å². The van der Waals surface area contributed by atoms with E-state index in [1.54, 1.807) is 0 Å². The van der Waals surface area contributed by atoms with Crippen LogP contribution in [-0.4, -0.2) is 29.5 Å². The van der Waals surface area contributed by atoms with Gasteiger partial charge in [0.15, 0.2) is 0 Å². The molecule has 0 aliphatic carbocycles. The van der Waals surface area contributed by atoms with Gasteiger partial charge in [0.2, 0.25) is 0 Å². The van der Waals surface area contributed by atoms with E-state index in [9.17, 15) is 5.11 Å². The fourth-order valence-corrected chi connectivity index (χ4v) is 1.70. The summed E-state index contributed by atoms with van der Waals surface area (Å²) in [5.74, 6) is -0.0776. The van der Waals surface area contributed by atoms with Gasteiger partial charge in [0.1, 0.15) is 0 Å². The van der Waals surface area contributed by atoms with E-state index in [0.29, 0.717) is 13.2 Å². The molecule has 2 N–H and O–H groups in total. The molecule has 1 aromatic rings. The number of rotatable bonds is 7. The molecule has 0 aliphatic rings. The second-order valence-corrected chi connectivity index (χ2v) is 4.63. The van der Waals surface area contributed by atoms with E-state index < -0.39 is 6.10 Å². The first kappa shape index (κ1) is 14.2. The topological polar surface area (TPSA) is 49.7 Å². The van der Waals surface area contributed by atoms with E-state index in [0.717, 1.165) is 5.56 Å². The van der Waals surface area contributed by atoms with Crippen LogP contribution >= 0.6 is 0 Å². The molecule has 0 saturated carbocycles. The van der Waals surface area contributed by atoms with Gasteiger partial charge in [0, 0.05) is 18.4 Å². The second kappa shape index (κ2) is 7.43. The van der Waals surface area contributed by atoms with Crippen LogP contribution in [0.25, 0.3) is 0 Å². The second-order valence-electron chi connectivity index (χ2n) is 4.63. The largest absolute Gasteiger partial charge is 0.396 e. The molecule has 0 aliphatic heterocycles. The monoisotopic (exact) mass is 238 g/mol. The minimum Gasteiger partial charge on any atom is -0.396 e. The highest BCUT2D eigenvalue weighted by atomic mass is 16.5. The lowest BCUT2D eigenvalue weighted by atomic mass is 9.95. The highest BCUT2D eigenvalue weighted by molar-refractivity contribution is 5.13. The van der Waals surface area contributed by atoms with Crippen LogP contribution in [0.15, 0.2) is 30.3 Å². The molecule has 0 spiro atoms. The third kappa shape index (κ3) is 4.86. The Morgan fingerprint density at radius 1 is 1.12 bits per heavy atom. The average molecular weight is 238 g/mol. The van der Waals surface area contributed by atoms with Crippen molar-refractivity contribution in [1.82, 2.24) is 0 Å². The number of benzene rings is 1. The fraction of sp³-hybridized carbons (Fsp3) is 0.571. The van der Waals surface area contributed by atoms with Crippen LogP contribution in [0.4, 0.5) is 0 Å². The summed E-state index contributed by atoms with van der Waals surface area (Å²) in [6.07, 6.45) is -0.518. The van der Waals surface area contributed by atoms with Crippen molar-refractivity contribution in [1.29, 1.82) is 0 Å². The van der Waals surface area contributed by atoms with E-state index in [4.69, 9.17) is 9.84 Å². The van der Waals surface area contributed by atoms with Gasteiger partial charge < -0.3 is 14.9 Å². The molecule has 17 heavy (non-hydrogen) atoms. The van der Waals surface area contributed by atoms with Crippen LogP contribution in [-0.2, 0) is 11.3 Å². The Hall–Kier alpha value is -0.900. The third-order valence-corrected chi connectivity index (χ3v) is 2.95. The normalized spacial score (nSPS) is 16.5. The summed E-state index contributed by atoms with van der Waals surface area (Å²) in [5.41, 5.74) is 1.13. The van der Waals surface area contributed by atoms with E-state index >= 15 is 0 Å². The summed E-state index contributed by atoms with van der Waals surface area (Å²) in [5, 5.41) is 18.8. The summed E-state index contributed by atoms with van der Waals surface area (Å²) in [4.78, 5) is 0. The molecule has 0 heterocycles. The number of hydrogen-bond donors (Lipinski definition) is 2. The van der Waals surface area contributed by atoms with Gasteiger partial charge in [0.05, 0.1) is 19.3 Å². The van der Waals surface area contributed by atoms with Gasteiger partial charge in [0.25, 0.3) is 0 Å². The summed E-state index contributed by atoms with van der Waals surface area (Å²) in [6.45, 7) is 4.83. The number of aliphatic hydroxyl groups excluding tert-OH is 2. The molecule has 0 radical (unpaired) electrons. The van der Waals surface area contributed by atoms with Gasteiger partial charge >= 0.3 is 0 Å². The molecule has 1 rings (SSSR count). The van der Waals surface area contributed by atoms with Crippen molar-refractivity contribution in [2.45, 2.75) is 26.6 Å². The molecule has 96 valence electrons. The molecule has 3 atom stereocenters. The van der Waals surface area contributed by atoms with Crippen molar-refractivity contribution in [2.24, 2.45) is 11.8 Å². The maximum Gasteiger partial charge on any atom is 0.0717 e. The van der Waals surface area contributed by atoms with Crippen molar-refractivity contribution in [3.63, 3.8) is 0 Å². The standard InChI is InChI=1S/C14H22O3/c1-11(8-15)14(16)12(2)9-17-10-13-6-4-3-5-7-13/h3-7,11-12,14-16H,8-10H2,1-2H3/t11-,12+,14-/m1/s1. The maximum absolute atomic E-state index is 9.84. The lowest BCUT2D eigenvalue weighted by molar-refractivity contribution is -0.00902. The number of hydrogen-bond acceptors (Lipinski definition) is 3. The number of ether oxygens (including phenoxy) is 1. The quantitative estimate of drug-likeness (QED) is 0.762. The Labute approximate surface area is 103 Å². The van der Waals surface area contributed by atoms with Gasteiger partial charge in [-0.2, -0.15) is 0 Å². The highest BCUT2D eigenvalue weighted by Gasteiger charge is 2.20. The smallest absolute Gasteiger partial charge is 0.0717 e. The minimum absolute atomic E-state index is 0.00416. The first-order valence-electron chi connectivity index (χ1n) is 6.05. The lowest BCUT2D eigenvalue weighted by Gasteiger charge is -2.23. The molecule has 0 unspecified atom stereocenters. The van der Waals surface area contributed by atoms with Crippen molar-refractivity contribution in [3.05, 3.63) is 35.9 Å². The molecule has 3 nitrogen and oxygen atoms in total.